The molecule has 0 aliphatic heterocycles. The molecule has 0 unspecified atom stereocenters. The van der Waals surface area contributed by atoms with E-state index >= 15 is 0 Å². The monoisotopic (exact) mass is 493 g/mol. The first-order chi connectivity index (χ1) is 12.5. The molecule has 146 valence electrons. The molecule has 0 fully saturated rings. The number of amides is 1. The molecule has 2 N–H and O–H groups in total. The minimum atomic E-state index is -1.15. The number of benzene rings is 1. The van der Waals surface area contributed by atoms with E-state index in [1.807, 2.05) is 0 Å². The lowest BCUT2D eigenvalue weighted by Crippen LogP contribution is -2.44. The third-order valence-electron chi connectivity index (χ3n) is 3.07. The van der Waals surface area contributed by atoms with Crippen LogP contribution in [0, 0.1) is 0 Å². The maximum absolute atomic E-state index is 11.9. The van der Waals surface area contributed by atoms with Crippen molar-refractivity contribution < 1.29 is 19.4 Å². The Hall–Kier alpha value is -1.49. The molecule has 1 heterocycles. The van der Waals surface area contributed by atoms with E-state index in [1.165, 1.54) is 20.9 Å². The molecule has 0 aliphatic rings. The molecule has 0 radical (unpaired) electrons. The number of carbonyl (C=O) groups excluding carboxylic acids is 1. The molecule has 1 aromatic carbocycles. The predicted molar refractivity (Wildman–Crippen MR) is 109 cm³/mol. The summed E-state index contributed by atoms with van der Waals surface area (Å²) >= 11 is 9.38. The number of aromatic nitrogens is 1. The van der Waals surface area contributed by atoms with Gasteiger partial charge in [0.2, 0.25) is 0 Å². The van der Waals surface area contributed by atoms with Gasteiger partial charge in [-0.1, -0.05) is 17.7 Å². The number of halogens is 2. The van der Waals surface area contributed by atoms with Crippen molar-refractivity contribution >= 4 is 66.2 Å². The third-order valence-corrected chi connectivity index (χ3v) is 5.88. The summed E-state index contributed by atoms with van der Waals surface area (Å²) in [7, 11) is 2.60. The van der Waals surface area contributed by atoms with E-state index < -0.39 is 23.7 Å². The Bertz CT molecular complexity index is 908. The van der Waals surface area contributed by atoms with Gasteiger partial charge < -0.3 is 15.2 Å². The molecule has 0 aliphatic carbocycles. The van der Waals surface area contributed by atoms with Crippen LogP contribution in [0.5, 0.6) is 0 Å². The van der Waals surface area contributed by atoms with E-state index in [0.717, 1.165) is 0 Å². The Morgan fingerprint density at radius 2 is 2.15 bits per heavy atom. The van der Waals surface area contributed by atoms with E-state index in [1.54, 1.807) is 39.0 Å². The van der Waals surface area contributed by atoms with Crippen molar-refractivity contribution in [1.29, 1.82) is 0 Å². The molecule has 0 saturated carbocycles. The third kappa shape index (κ3) is 6.87. The van der Waals surface area contributed by atoms with Crippen LogP contribution in [-0.4, -0.2) is 33.2 Å². The van der Waals surface area contributed by atoms with Crippen LogP contribution in [-0.2, 0) is 16.0 Å². The summed E-state index contributed by atoms with van der Waals surface area (Å²) in [6.45, 7) is 5.12. The van der Waals surface area contributed by atoms with E-state index in [4.69, 9.17) is 16.3 Å². The van der Waals surface area contributed by atoms with E-state index in [2.05, 4.69) is 30.6 Å². The van der Waals surface area contributed by atoms with Crippen LogP contribution < -0.4 is 9.99 Å². The molecule has 1 amide bonds. The van der Waals surface area contributed by atoms with Crippen LogP contribution in [0.15, 0.2) is 27.7 Å². The summed E-state index contributed by atoms with van der Waals surface area (Å²) in [6, 6.07) is 4.12. The van der Waals surface area contributed by atoms with Gasteiger partial charge in [-0.15, -0.1) is 0 Å². The molecule has 11 heteroatoms. The highest BCUT2D eigenvalue weighted by atomic mass is 79.9. The van der Waals surface area contributed by atoms with Gasteiger partial charge in [-0.05, 0) is 64.7 Å². The van der Waals surface area contributed by atoms with E-state index in [9.17, 15) is 14.7 Å². The summed E-state index contributed by atoms with van der Waals surface area (Å²) in [5, 5.41) is 12.1. The van der Waals surface area contributed by atoms with Crippen molar-refractivity contribution in [3.63, 3.8) is 0 Å². The smallest absolute Gasteiger partial charge is 0.408 e. The molecule has 0 spiro atoms. The maximum atomic E-state index is 11.9. The van der Waals surface area contributed by atoms with Crippen molar-refractivity contribution in [3.05, 3.63) is 38.1 Å². The fourth-order valence-electron chi connectivity index (χ4n) is 1.99. The van der Waals surface area contributed by atoms with Crippen LogP contribution in [0.4, 0.5) is 10.5 Å². The second kappa shape index (κ2) is 9.13. The number of carbonyl (C=O) groups is 2. The quantitative estimate of drug-likeness (QED) is 0.601. The van der Waals surface area contributed by atoms with Crippen LogP contribution in [0.3, 0.4) is 0 Å². The first-order valence-corrected chi connectivity index (χ1v) is 11.0. The molecule has 0 saturated heterocycles. The maximum Gasteiger partial charge on any atom is 0.408 e. The van der Waals surface area contributed by atoms with Gasteiger partial charge in [0, 0.05) is 21.4 Å². The lowest BCUT2D eigenvalue weighted by Gasteiger charge is -2.22. The molecule has 7 nitrogen and oxygen atoms in total. The van der Waals surface area contributed by atoms with E-state index in [0.29, 0.717) is 25.5 Å². The van der Waals surface area contributed by atoms with Gasteiger partial charge in [0.15, 0.2) is 9.82 Å². The van der Waals surface area contributed by atoms with Gasteiger partial charge in [0.1, 0.15) is 11.6 Å². The Balaban J connectivity index is 2.15. The number of nitrogens with one attached hydrogen (secondary N) is 1. The Kier molecular flexibility index (Phi) is 7.38. The molecule has 2 rings (SSSR count). The number of hydrogen-bond donors (Lipinski definition) is 2. The Morgan fingerprint density at radius 1 is 1.44 bits per heavy atom. The van der Waals surface area contributed by atoms with Crippen molar-refractivity contribution in [3.8, 4) is 0 Å². The normalized spacial score (nSPS) is 13.3. The van der Waals surface area contributed by atoms with Crippen molar-refractivity contribution in [2.45, 2.75) is 38.8 Å². The van der Waals surface area contributed by atoms with Crippen LogP contribution in [0.2, 0.25) is 5.15 Å². The summed E-state index contributed by atoms with van der Waals surface area (Å²) in [4.78, 5) is 27.8. The van der Waals surface area contributed by atoms with Crippen molar-refractivity contribution in [2.24, 2.45) is 4.99 Å². The summed E-state index contributed by atoms with van der Waals surface area (Å²) in [5.41, 5.74) is 0.643. The summed E-state index contributed by atoms with van der Waals surface area (Å²) in [5.74, 6) is -1.15. The standard InChI is InChI=1S/C16H17BrClN3O4S2/c1-16(2,3)25-15(24)20-11(14(22)23)7-8-4-5-10(9(17)6-8)19-13-12(18)21-27-26-13/h4-6,11H,7H2,1-3H3,(H,20,24)(H,22,23)/b19-13+/t11-/m0/s1. The average molecular weight is 495 g/mol. The average Bonchev–Trinajstić information content (AvgIpc) is 2.92. The van der Waals surface area contributed by atoms with Crippen LogP contribution in [0.1, 0.15) is 26.3 Å². The fourth-order valence-corrected chi connectivity index (χ4v) is 4.49. The Morgan fingerprint density at radius 3 is 2.67 bits per heavy atom. The number of ether oxygens (including phenoxy) is 1. The van der Waals surface area contributed by atoms with E-state index in [-0.39, 0.29) is 6.42 Å². The van der Waals surface area contributed by atoms with Crippen LogP contribution >= 0.6 is 48.4 Å². The van der Waals surface area contributed by atoms with Gasteiger partial charge in [0.25, 0.3) is 0 Å². The van der Waals surface area contributed by atoms with Gasteiger partial charge in [-0.25, -0.2) is 14.6 Å². The number of carboxylic acid groups (broad SMARTS) is 1. The topological polar surface area (TPSA) is 101 Å². The Labute approximate surface area is 176 Å². The lowest BCUT2D eigenvalue weighted by molar-refractivity contribution is -0.139. The number of alkyl carbamates (subject to hydrolysis) is 1. The number of rotatable bonds is 5. The highest BCUT2D eigenvalue weighted by molar-refractivity contribution is 9.10. The van der Waals surface area contributed by atoms with Gasteiger partial charge in [-0.3, -0.25) is 0 Å². The fraction of sp³-hybridized carbons (Fsp3) is 0.375. The highest BCUT2D eigenvalue weighted by Gasteiger charge is 2.24. The number of aliphatic carboxylic acids is 1. The van der Waals surface area contributed by atoms with Gasteiger partial charge in [0.05, 0.1) is 5.69 Å². The van der Waals surface area contributed by atoms with Gasteiger partial charge >= 0.3 is 12.1 Å². The first-order valence-electron chi connectivity index (χ1n) is 7.72. The zero-order valence-electron chi connectivity index (χ0n) is 14.7. The van der Waals surface area contributed by atoms with Crippen molar-refractivity contribution in [1.82, 2.24) is 9.69 Å². The second-order valence-electron chi connectivity index (χ2n) is 6.48. The molecular weight excluding hydrogens is 478 g/mol. The molecule has 2 aromatic rings. The molecule has 0 bridgehead atoms. The second-order valence-corrected chi connectivity index (χ2v) is 9.53. The number of nitrogens with zero attached hydrogens (tertiary/aromatic N) is 2. The zero-order chi connectivity index (χ0) is 20.2. The molecule has 1 aromatic heterocycles. The molecular formula is C16H17BrClN3O4S2. The number of carboxylic acids is 1. The molecule has 27 heavy (non-hydrogen) atoms. The minimum absolute atomic E-state index is 0.0941. The zero-order valence-corrected chi connectivity index (χ0v) is 18.6. The lowest BCUT2D eigenvalue weighted by atomic mass is 10.1. The number of hydrogen-bond acceptors (Lipinski definition) is 7. The molecule has 1 atom stereocenters. The highest BCUT2D eigenvalue weighted by Crippen LogP contribution is 2.27. The summed E-state index contributed by atoms with van der Waals surface area (Å²) < 4.78 is 10.4. The predicted octanol–water partition coefficient (Wildman–Crippen LogP) is 4.37. The van der Waals surface area contributed by atoms with Gasteiger partial charge in [-0.2, -0.15) is 4.37 Å². The van der Waals surface area contributed by atoms with Crippen LogP contribution in [0.25, 0.3) is 0 Å². The largest absolute Gasteiger partial charge is 0.480 e. The van der Waals surface area contributed by atoms with Crippen molar-refractivity contribution in [2.75, 3.05) is 0 Å². The SMILES string of the molecule is CC(C)(C)OC(=O)N[C@@H](Cc1ccc(/N=c2/ssnc2Cl)c(Br)c1)C(=O)O. The first kappa shape index (κ1) is 21.8. The summed E-state index contributed by atoms with van der Waals surface area (Å²) in [6.07, 6.45) is -0.682. The minimum Gasteiger partial charge on any atom is -0.480 e.